The lowest BCUT2D eigenvalue weighted by Gasteiger charge is -2.72. The highest BCUT2D eigenvalue weighted by atomic mass is 16.4. The van der Waals surface area contributed by atoms with Gasteiger partial charge in [0, 0.05) is 5.92 Å². The summed E-state index contributed by atoms with van der Waals surface area (Å²) in [5.41, 5.74) is -1.46. The Kier molecular flexibility index (Phi) is 5.40. The van der Waals surface area contributed by atoms with Crippen LogP contribution in [0.25, 0.3) is 0 Å². The van der Waals surface area contributed by atoms with E-state index < -0.39 is 29.2 Å². The zero-order valence-electron chi connectivity index (χ0n) is 22.9. The van der Waals surface area contributed by atoms with E-state index in [1.165, 1.54) is 5.57 Å². The summed E-state index contributed by atoms with van der Waals surface area (Å²) < 4.78 is 0. The number of allylic oxidation sites excluding steroid dienone is 1. The topological polar surface area (TPSA) is 98.0 Å². The Hall–Kier alpha value is -0.910. The van der Waals surface area contributed by atoms with Crippen molar-refractivity contribution in [3.8, 4) is 0 Å². The van der Waals surface area contributed by atoms with Crippen molar-refractivity contribution in [1.82, 2.24) is 0 Å². The standard InChI is InChI=1S/C30H48O5/c1-17-10-13-30(24(33)34)15-14-27(5)18(22(30)29(17,7)35)8-9-21-26(4)16-19(31)23(32)25(2,3)20(26)11-12-28(21,27)6/h8,17,19-23,31-32,35H,9-16H2,1-7H3,(H,33,34)/t17-,19-,20?,21?,22-,23+,26+,27?,28-,29-,30+/m1/s1. The Bertz CT molecular complexity index is 952. The van der Waals surface area contributed by atoms with Crippen molar-refractivity contribution >= 4 is 5.97 Å². The van der Waals surface area contributed by atoms with Crippen molar-refractivity contribution in [2.45, 2.75) is 118 Å². The van der Waals surface area contributed by atoms with Crippen LogP contribution in [0.5, 0.6) is 0 Å². The monoisotopic (exact) mass is 488 g/mol. The summed E-state index contributed by atoms with van der Waals surface area (Å²) in [4.78, 5) is 12.8. The van der Waals surface area contributed by atoms with Crippen LogP contribution in [-0.4, -0.2) is 44.2 Å². The van der Waals surface area contributed by atoms with Gasteiger partial charge in [-0.1, -0.05) is 53.2 Å². The van der Waals surface area contributed by atoms with E-state index in [4.69, 9.17) is 0 Å². The van der Waals surface area contributed by atoms with Crippen LogP contribution in [0, 0.1) is 50.7 Å². The van der Waals surface area contributed by atoms with Gasteiger partial charge in [-0.25, -0.2) is 0 Å². The summed E-state index contributed by atoms with van der Waals surface area (Å²) in [6, 6.07) is 0. The van der Waals surface area contributed by atoms with Gasteiger partial charge in [-0.3, -0.25) is 4.79 Å². The minimum atomic E-state index is -1.05. The number of rotatable bonds is 1. The van der Waals surface area contributed by atoms with E-state index in [9.17, 15) is 25.2 Å². The van der Waals surface area contributed by atoms with Gasteiger partial charge in [0.05, 0.1) is 23.2 Å². The molecule has 0 aromatic rings. The maximum Gasteiger partial charge on any atom is 0.310 e. The molecule has 0 aromatic carbocycles. The molecule has 0 aliphatic heterocycles. The Balaban J connectivity index is 1.65. The molecule has 198 valence electrons. The second kappa shape index (κ2) is 7.35. The van der Waals surface area contributed by atoms with E-state index in [-0.39, 0.29) is 33.5 Å². The number of fused-ring (bicyclic) bond motifs is 7. The Morgan fingerprint density at radius 1 is 0.943 bits per heavy atom. The third kappa shape index (κ3) is 2.90. The molecule has 5 aliphatic rings. The zero-order valence-corrected chi connectivity index (χ0v) is 22.9. The molecule has 4 saturated carbocycles. The normalized spacial score (nSPS) is 57.1. The van der Waals surface area contributed by atoms with Crippen molar-refractivity contribution in [2.24, 2.45) is 50.7 Å². The molecule has 0 aromatic heterocycles. The first-order valence-corrected chi connectivity index (χ1v) is 14.0. The van der Waals surface area contributed by atoms with Gasteiger partial charge in [0.15, 0.2) is 0 Å². The average molecular weight is 489 g/mol. The minimum absolute atomic E-state index is 0.0535. The number of hydrogen-bond donors (Lipinski definition) is 4. The molecular formula is C30H48O5. The lowest BCUT2D eigenvalue weighted by molar-refractivity contribution is -0.237. The van der Waals surface area contributed by atoms with Gasteiger partial charge < -0.3 is 20.4 Å². The first-order valence-electron chi connectivity index (χ1n) is 14.0. The molecule has 0 spiro atoms. The van der Waals surface area contributed by atoms with Gasteiger partial charge in [0.1, 0.15) is 0 Å². The molecular weight excluding hydrogens is 440 g/mol. The summed E-state index contributed by atoms with van der Waals surface area (Å²) in [5.74, 6) is -0.394. The lowest BCUT2D eigenvalue weighted by atomic mass is 9.33. The predicted molar refractivity (Wildman–Crippen MR) is 135 cm³/mol. The molecule has 0 saturated heterocycles. The van der Waals surface area contributed by atoms with Gasteiger partial charge in [-0.15, -0.1) is 0 Å². The number of aliphatic hydroxyl groups is 3. The van der Waals surface area contributed by atoms with Crippen LogP contribution in [0.3, 0.4) is 0 Å². The molecule has 0 amide bonds. The third-order valence-corrected chi connectivity index (χ3v) is 13.4. The number of aliphatic carboxylic acids is 1. The van der Waals surface area contributed by atoms with Crippen LogP contribution in [0.2, 0.25) is 0 Å². The molecule has 3 unspecified atom stereocenters. The van der Waals surface area contributed by atoms with Crippen LogP contribution in [0.15, 0.2) is 11.6 Å². The Morgan fingerprint density at radius 3 is 2.23 bits per heavy atom. The second-order valence-corrected chi connectivity index (χ2v) is 14.9. The van der Waals surface area contributed by atoms with Crippen LogP contribution in [0.1, 0.15) is 99.8 Å². The van der Waals surface area contributed by atoms with Gasteiger partial charge in [-0.05, 0) is 97.7 Å². The molecule has 35 heavy (non-hydrogen) atoms. The van der Waals surface area contributed by atoms with E-state index in [0.717, 1.165) is 32.1 Å². The zero-order chi connectivity index (χ0) is 26.0. The molecule has 5 aliphatic carbocycles. The van der Waals surface area contributed by atoms with Crippen molar-refractivity contribution in [2.75, 3.05) is 0 Å². The fraction of sp³-hybridized carbons (Fsp3) is 0.900. The number of hydrogen-bond acceptors (Lipinski definition) is 4. The lowest BCUT2D eigenvalue weighted by Crippen LogP contribution is -2.68. The van der Waals surface area contributed by atoms with Crippen LogP contribution in [0.4, 0.5) is 0 Å². The Morgan fingerprint density at radius 2 is 1.60 bits per heavy atom. The quantitative estimate of drug-likeness (QED) is 0.382. The van der Waals surface area contributed by atoms with Crippen molar-refractivity contribution in [1.29, 1.82) is 0 Å². The molecule has 5 rings (SSSR count). The molecule has 4 N–H and O–H groups in total. The van der Waals surface area contributed by atoms with E-state index in [0.29, 0.717) is 31.1 Å². The minimum Gasteiger partial charge on any atom is -0.481 e. The van der Waals surface area contributed by atoms with Crippen molar-refractivity contribution < 1.29 is 25.2 Å². The van der Waals surface area contributed by atoms with Gasteiger partial charge >= 0.3 is 5.97 Å². The van der Waals surface area contributed by atoms with E-state index in [2.05, 4.69) is 47.6 Å². The average Bonchev–Trinajstić information content (AvgIpc) is 2.75. The first-order chi connectivity index (χ1) is 16.0. The molecule has 0 radical (unpaired) electrons. The predicted octanol–water partition coefficient (Wildman–Crippen LogP) is 5.18. The third-order valence-electron chi connectivity index (χ3n) is 13.4. The summed E-state index contributed by atoms with van der Waals surface area (Å²) in [5, 5.41) is 44.3. The van der Waals surface area contributed by atoms with Crippen molar-refractivity contribution in [3.05, 3.63) is 11.6 Å². The molecule has 11 atom stereocenters. The fourth-order valence-electron chi connectivity index (χ4n) is 11.0. The first kappa shape index (κ1) is 25.7. The molecule has 0 bridgehead atoms. The number of carboxylic acid groups (broad SMARTS) is 1. The van der Waals surface area contributed by atoms with Crippen molar-refractivity contribution in [3.63, 3.8) is 0 Å². The fourth-order valence-corrected chi connectivity index (χ4v) is 11.0. The summed E-state index contributed by atoms with van der Waals surface area (Å²) in [7, 11) is 0. The van der Waals surface area contributed by atoms with E-state index in [1.54, 1.807) is 0 Å². The second-order valence-electron chi connectivity index (χ2n) is 14.9. The highest BCUT2D eigenvalue weighted by Gasteiger charge is 2.71. The van der Waals surface area contributed by atoms with Gasteiger partial charge in [0.2, 0.25) is 0 Å². The van der Waals surface area contributed by atoms with Crippen LogP contribution in [-0.2, 0) is 4.79 Å². The Labute approximate surface area is 211 Å². The summed E-state index contributed by atoms with van der Waals surface area (Å²) >= 11 is 0. The molecule has 5 heteroatoms. The number of carbonyl (C=O) groups is 1. The highest BCUT2D eigenvalue weighted by Crippen LogP contribution is 2.76. The number of carboxylic acids is 1. The summed E-state index contributed by atoms with van der Waals surface area (Å²) in [6.07, 6.45) is 7.21. The maximum atomic E-state index is 12.8. The number of aliphatic hydroxyl groups excluding tert-OH is 2. The molecule has 4 fully saturated rings. The van der Waals surface area contributed by atoms with E-state index in [1.807, 2.05) is 6.92 Å². The van der Waals surface area contributed by atoms with E-state index >= 15 is 0 Å². The van der Waals surface area contributed by atoms with Crippen LogP contribution < -0.4 is 0 Å². The molecule has 5 nitrogen and oxygen atoms in total. The summed E-state index contributed by atoms with van der Waals surface area (Å²) in [6.45, 7) is 15.3. The molecule has 0 heterocycles. The maximum absolute atomic E-state index is 12.8. The SMILES string of the molecule is C[C@@H]1CC[C@]2(C(=O)O)CCC3(C)C(=CCC4[C@@]5(C)C[C@@H](O)[C@H](O)C(C)(C)C5CC[C@]43C)[C@@H]2[C@]1(C)O. The smallest absolute Gasteiger partial charge is 0.310 e. The van der Waals surface area contributed by atoms with Crippen LogP contribution >= 0.6 is 0 Å². The largest absolute Gasteiger partial charge is 0.481 e. The van der Waals surface area contributed by atoms with Gasteiger partial charge in [0.25, 0.3) is 0 Å². The van der Waals surface area contributed by atoms with Gasteiger partial charge in [-0.2, -0.15) is 0 Å². The highest BCUT2D eigenvalue weighted by molar-refractivity contribution is 5.77.